The number of rotatable bonds is 5. The number of unbranched alkanes of at least 4 members (excludes halogenated alkanes) is 1. The predicted octanol–water partition coefficient (Wildman–Crippen LogP) is -0.0681. The standard InChI is InChI=1S/C5H10O3/c6-3-1-2-4-8-5-7/h5-6H,1-4H2. The Morgan fingerprint density at radius 1 is 1.50 bits per heavy atom. The molecule has 0 aliphatic rings. The molecule has 0 aromatic carbocycles. The molecule has 0 atom stereocenters. The Labute approximate surface area is 48.3 Å². The van der Waals surface area contributed by atoms with Crippen LogP contribution in [0.2, 0.25) is 0 Å². The summed E-state index contributed by atoms with van der Waals surface area (Å²) in [6.45, 7) is 1.00. The zero-order chi connectivity index (χ0) is 6.24. The van der Waals surface area contributed by atoms with Crippen LogP contribution >= 0.6 is 0 Å². The monoisotopic (exact) mass is 118 g/mol. The Balaban J connectivity index is 2.62. The minimum Gasteiger partial charge on any atom is -0.468 e. The lowest BCUT2D eigenvalue weighted by Crippen LogP contribution is -1.92. The van der Waals surface area contributed by atoms with Gasteiger partial charge >= 0.3 is 0 Å². The van der Waals surface area contributed by atoms with Gasteiger partial charge in [0.15, 0.2) is 0 Å². The molecule has 0 saturated heterocycles. The minimum atomic E-state index is 0.169. The molecule has 3 heteroatoms. The molecule has 0 saturated carbocycles. The summed E-state index contributed by atoms with van der Waals surface area (Å²) in [6, 6.07) is 0. The van der Waals surface area contributed by atoms with Gasteiger partial charge in [-0.25, -0.2) is 0 Å². The maximum Gasteiger partial charge on any atom is 0.293 e. The van der Waals surface area contributed by atoms with E-state index in [1.54, 1.807) is 0 Å². The number of carbonyl (C=O) groups is 1. The van der Waals surface area contributed by atoms with Crippen LogP contribution in [0.5, 0.6) is 0 Å². The van der Waals surface area contributed by atoms with Crippen LogP contribution in [0.4, 0.5) is 0 Å². The lowest BCUT2D eigenvalue weighted by molar-refractivity contribution is -0.128. The fourth-order valence-electron chi connectivity index (χ4n) is 0.345. The number of hydrogen-bond donors (Lipinski definition) is 1. The zero-order valence-corrected chi connectivity index (χ0v) is 4.67. The lowest BCUT2D eigenvalue weighted by atomic mass is 10.3. The van der Waals surface area contributed by atoms with Crippen molar-refractivity contribution in [2.24, 2.45) is 0 Å². The Morgan fingerprint density at radius 3 is 2.75 bits per heavy atom. The highest BCUT2D eigenvalue weighted by molar-refractivity contribution is 5.36. The van der Waals surface area contributed by atoms with Crippen LogP contribution in [0.1, 0.15) is 12.8 Å². The molecular formula is C5H10O3. The molecule has 3 nitrogen and oxygen atoms in total. The first kappa shape index (κ1) is 7.43. The van der Waals surface area contributed by atoms with Crippen molar-refractivity contribution in [3.8, 4) is 0 Å². The highest BCUT2D eigenvalue weighted by atomic mass is 16.5. The molecule has 0 radical (unpaired) electrons. The largest absolute Gasteiger partial charge is 0.468 e. The maximum absolute atomic E-state index is 9.48. The van der Waals surface area contributed by atoms with Gasteiger partial charge in [-0.3, -0.25) is 4.79 Å². The Bertz CT molecular complexity index is 53.6. The summed E-state index contributed by atoms with van der Waals surface area (Å²) < 4.78 is 4.34. The van der Waals surface area contributed by atoms with E-state index in [-0.39, 0.29) is 6.61 Å². The van der Waals surface area contributed by atoms with Gasteiger partial charge in [0, 0.05) is 6.61 Å². The molecule has 0 bridgehead atoms. The zero-order valence-electron chi connectivity index (χ0n) is 4.67. The van der Waals surface area contributed by atoms with Crippen LogP contribution in [0.15, 0.2) is 0 Å². The van der Waals surface area contributed by atoms with Gasteiger partial charge < -0.3 is 9.84 Å². The van der Waals surface area contributed by atoms with Gasteiger partial charge in [-0.05, 0) is 12.8 Å². The van der Waals surface area contributed by atoms with Crippen molar-refractivity contribution in [3.05, 3.63) is 0 Å². The van der Waals surface area contributed by atoms with E-state index in [0.717, 1.165) is 6.42 Å². The normalized spacial score (nSPS) is 8.62. The van der Waals surface area contributed by atoms with Crippen LogP contribution in [0.3, 0.4) is 0 Å². The van der Waals surface area contributed by atoms with E-state index in [9.17, 15) is 4.79 Å². The fraction of sp³-hybridized carbons (Fsp3) is 0.800. The first-order valence-corrected chi connectivity index (χ1v) is 2.58. The van der Waals surface area contributed by atoms with Crippen molar-refractivity contribution >= 4 is 6.47 Å². The Kier molecular flexibility index (Phi) is 5.97. The molecule has 0 fully saturated rings. The maximum atomic E-state index is 9.48. The van der Waals surface area contributed by atoms with Gasteiger partial charge in [-0.2, -0.15) is 0 Å². The quantitative estimate of drug-likeness (QED) is 0.406. The van der Waals surface area contributed by atoms with Crippen molar-refractivity contribution in [3.63, 3.8) is 0 Å². The second kappa shape index (κ2) is 6.43. The van der Waals surface area contributed by atoms with Crippen LogP contribution in [-0.2, 0) is 9.53 Å². The van der Waals surface area contributed by atoms with Crippen molar-refractivity contribution in [2.75, 3.05) is 13.2 Å². The van der Waals surface area contributed by atoms with E-state index in [1.165, 1.54) is 0 Å². The van der Waals surface area contributed by atoms with Gasteiger partial charge in [0.05, 0.1) is 6.61 Å². The molecule has 0 amide bonds. The second-order valence-electron chi connectivity index (χ2n) is 1.40. The third kappa shape index (κ3) is 5.43. The fourth-order valence-corrected chi connectivity index (χ4v) is 0.345. The van der Waals surface area contributed by atoms with E-state index in [4.69, 9.17) is 5.11 Å². The van der Waals surface area contributed by atoms with E-state index < -0.39 is 0 Å². The number of ether oxygens (including phenoxy) is 1. The number of aliphatic hydroxyl groups is 1. The average molecular weight is 118 g/mol. The summed E-state index contributed by atoms with van der Waals surface area (Å²) >= 11 is 0. The summed E-state index contributed by atoms with van der Waals surface area (Å²) in [4.78, 5) is 9.48. The SMILES string of the molecule is O=COCCCCO. The number of aliphatic hydroxyl groups excluding tert-OH is 1. The van der Waals surface area contributed by atoms with Crippen molar-refractivity contribution < 1.29 is 14.6 Å². The highest BCUT2D eigenvalue weighted by Gasteiger charge is 1.83. The van der Waals surface area contributed by atoms with Crippen LogP contribution in [-0.4, -0.2) is 24.8 Å². The van der Waals surface area contributed by atoms with E-state index in [0.29, 0.717) is 19.5 Å². The van der Waals surface area contributed by atoms with Gasteiger partial charge in [-0.15, -0.1) is 0 Å². The van der Waals surface area contributed by atoms with Crippen LogP contribution < -0.4 is 0 Å². The molecule has 1 N–H and O–H groups in total. The Morgan fingerprint density at radius 2 is 2.25 bits per heavy atom. The molecule has 0 unspecified atom stereocenters. The van der Waals surface area contributed by atoms with Crippen molar-refractivity contribution in [1.29, 1.82) is 0 Å². The first-order chi connectivity index (χ1) is 3.91. The van der Waals surface area contributed by atoms with Gasteiger partial charge in [0.1, 0.15) is 0 Å². The van der Waals surface area contributed by atoms with E-state index in [2.05, 4.69) is 4.74 Å². The third-order valence-corrected chi connectivity index (χ3v) is 0.738. The van der Waals surface area contributed by atoms with Crippen LogP contribution in [0.25, 0.3) is 0 Å². The van der Waals surface area contributed by atoms with Crippen LogP contribution in [0, 0.1) is 0 Å². The lowest BCUT2D eigenvalue weighted by Gasteiger charge is -1.93. The molecule has 48 valence electrons. The summed E-state index contributed by atoms with van der Waals surface area (Å²) in [7, 11) is 0. The van der Waals surface area contributed by atoms with Crippen molar-refractivity contribution in [2.45, 2.75) is 12.8 Å². The van der Waals surface area contributed by atoms with Gasteiger partial charge in [0.2, 0.25) is 0 Å². The first-order valence-electron chi connectivity index (χ1n) is 2.58. The molecule has 0 aliphatic heterocycles. The molecule has 0 rings (SSSR count). The minimum absolute atomic E-state index is 0.169. The topological polar surface area (TPSA) is 46.5 Å². The summed E-state index contributed by atoms with van der Waals surface area (Å²) in [5.74, 6) is 0. The second-order valence-corrected chi connectivity index (χ2v) is 1.40. The van der Waals surface area contributed by atoms with Crippen molar-refractivity contribution in [1.82, 2.24) is 0 Å². The number of hydrogen-bond acceptors (Lipinski definition) is 3. The van der Waals surface area contributed by atoms with Gasteiger partial charge in [-0.1, -0.05) is 0 Å². The molecular weight excluding hydrogens is 108 g/mol. The predicted molar refractivity (Wildman–Crippen MR) is 28.3 cm³/mol. The summed E-state index contributed by atoms with van der Waals surface area (Å²) in [5, 5.41) is 8.22. The highest BCUT2D eigenvalue weighted by Crippen LogP contribution is 1.85. The number of carbonyl (C=O) groups excluding carboxylic acids is 1. The molecule has 0 heterocycles. The Hall–Kier alpha value is -0.570. The van der Waals surface area contributed by atoms with Gasteiger partial charge in [0.25, 0.3) is 6.47 Å². The summed E-state index contributed by atoms with van der Waals surface area (Å²) in [5.41, 5.74) is 0. The van der Waals surface area contributed by atoms with E-state index >= 15 is 0 Å². The molecule has 0 spiro atoms. The van der Waals surface area contributed by atoms with E-state index in [1.807, 2.05) is 0 Å². The molecule has 0 aliphatic carbocycles. The smallest absolute Gasteiger partial charge is 0.293 e. The summed E-state index contributed by atoms with van der Waals surface area (Å²) in [6.07, 6.45) is 1.45. The third-order valence-electron chi connectivity index (χ3n) is 0.738. The molecule has 0 aromatic heterocycles. The average Bonchev–Trinajstić information content (AvgIpc) is 1.81. The molecule has 0 aromatic rings. The molecule has 8 heavy (non-hydrogen) atoms.